The van der Waals surface area contributed by atoms with Gasteiger partial charge in [0.15, 0.2) is 0 Å². The maximum atomic E-state index is 13.0. The number of phosphoric ester groups is 1. The third-order valence-corrected chi connectivity index (χ3v) is 16.0. The van der Waals surface area contributed by atoms with Crippen molar-refractivity contribution in [1.29, 1.82) is 0 Å². The maximum Gasteiger partial charge on any atom is 0.268 e. The summed E-state index contributed by atoms with van der Waals surface area (Å²) in [4.78, 5) is 25.6. The van der Waals surface area contributed by atoms with E-state index in [4.69, 9.17) is 9.05 Å². The molecule has 1 amide bonds. The van der Waals surface area contributed by atoms with Gasteiger partial charge in [0.1, 0.15) is 13.2 Å². The Hall–Kier alpha value is -3.62. The monoisotopic (exact) mass is 1210 g/mol. The summed E-state index contributed by atoms with van der Waals surface area (Å²) >= 11 is 0. The van der Waals surface area contributed by atoms with Gasteiger partial charge in [0.05, 0.1) is 39.9 Å². The fourth-order valence-corrected chi connectivity index (χ4v) is 10.3. The standard InChI is InChI=1S/C77H133N2O6P/c1-6-8-10-12-14-16-18-20-22-24-26-28-30-32-34-36-37-38-39-40-41-43-45-47-49-51-53-55-57-59-61-63-65-67-69-71-77(81)78-75(74-85-86(82,83)84-73-72-79(3,4)5)76(80)70-68-66-64-62-60-58-56-54-52-50-48-46-44-42-35-33-31-29-27-25-23-21-19-17-15-13-11-9-7-2/h8,10,14,16,20,22,26,28,32,34,37-38,40-41,45,47,51,53,57,59-60,62,68,70,75-76,80H,6-7,9,11-13,15,17-19,21,23-25,27,29-31,33,35-36,39,42-44,46,48-50,52,54-56,58,61,63-67,69,71-74H2,1-5H3,(H-,78,81,82,83)/b10-8-,16-14-,22-20-,28-26-,34-32-,38-37-,41-40-,47-45-,53-51-,59-57-,62-60+,70-68+. The lowest BCUT2D eigenvalue weighted by Gasteiger charge is -2.29. The predicted molar refractivity (Wildman–Crippen MR) is 375 cm³/mol. The van der Waals surface area contributed by atoms with E-state index in [2.05, 4.69) is 153 Å². The van der Waals surface area contributed by atoms with Crippen molar-refractivity contribution in [2.24, 2.45) is 0 Å². The number of phosphoric acid groups is 1. The van der Waals surface area contributed by atoms with E-state index in [1.807, 2.05) is 27.2 Å². The minimum atomic E-state index is -4.63. The van der Waals surface area contributed by atoms with Crippen LogP contribution in [0.15, 0.2) is 146 Å². The smallest absolute Gasteiger partial charge is 0.268 e. The van der Waals surface area contributed by atoms with Crippen LogP contribution < -0.4 is 10.2 Å². The Morgan fingerprint density at radius 1 is 0.419 bits per heavy atom. The summed E-state index contributed by atoms with van der Waals surface area (Å²) in [5, 5.41) is 13.9. The topological polar surface area (TPSA) is 108 Å². The van der Waals surface area contributed by atoms with Crippen LogP contribution in [-0.4, -0.2) is 68.5 Å². The second kappa shape index (κ2) is 65.8. The number of nitrogens with zero attached hydrogens (tertiary/aromatic N) is 1. The second-order valence-electron chi connectivity index (χ2n) is 24.5. The molecular weight excluding hydrogens is 1080 g/mol. The highest BCUT2D eigenvalue weighted by Crippen LogP contribution is 2.38. The summed E-state index contributed by atoms with van der Waals surface area (Å²) in [7, 11) is 1.21. The minimum absolute atomic E-state index is 0.0195. The molecule has 492 valence electrons. The van der Waals surface area contributed by atoms with Gasteiger partial charge in [-0.25, -0.2) is 0 Å². The Balaban J connectivity index is 4.24. The first-order valence-electron chi connectivity index (χ1n) is 35.2. The van der Waals surface area contributed by atoms with Gasteiger partial charge in [-0.1, -0.05) is 314 Å². The zero-order valence-corrected chi connectivity index (χ0v) is 57.1. The number of unbranched alkanes of at least 4 members (excludes halogenated alkanes) is 28. The molecule has 0 heterocycles. The van der Waals surface area contributed by atoms with Crippen molar-refractivity contribution in [1.82, 2.24) is 5.32 Å². The average molecular weight is 1210 g/mol. The van der Waals surface area contributed by atoms with Crippen LogP contribution in [-0.2, 0) is 18.4 Å². The molecule has 86 heavy (non-hydrogen) atoms. The van der Waals surface area contributed by atoms with Crippen LogP contribution in [0.4, 0.5) is 0 Å². The summed E-state index contributed by atoms with van der Waals surface area (Å²) in [6.07, 6.45) is 101. The van der Waals surface area contributed by atoms with Gasteiger partial charge in [0.25, 0.3) is 7.82 Å². The summed E-state index contributed by atoms with van der Waals surface area (Å²) < 4.78 is 23.4. The van der Waals surface area contributed by atoms with E-state index < -0.39 is 26.6 Å². The van der Waals surface area contributed by atoms with Crippen LogP contribution in [0, 0.1) is 0 Å². The van der Waals surface area contributed by atoms with E-state index in [0.29, 0.717) is 23.9 Å². The summed E-state index contributed by atoms with van der Waals surface area (Å²) in [5.41, 5.74) is 0. The molecule has 0 aromatic carbocycles. The Bertz CT molecular complexity index is 1910. The van der Waals surface area contributed by atoms with E-state index in [9.17, 15) is 19.4 Å². The normalized spacial score (nSPS) is 14.5. The first-order chi connectivity index (χ1) is 42.0. The van der Waals surface area contributed by atoms with Crippen molar-refractivity contribution in [3.63, 3.8) is 0 Å². The first-order valence-corrected chi connectivity index (χ1v) is 36.7. The zero-order chi connectivity index (χ0) is 62.6. The molecule has 0 aliphatic rings. The fourth-order valence-electron chi connectivity index (χ4n) is 9.61. The fraction of sp³-hybridized carbons (Fsp3) is 0.675. The van der Waals surface area contributed by atoms with Crippen molar-refractivity contribution < 1.29 is 32.9 Å². The van der Waals surface area contributed by atoms with E-state index in [1.54, 1.807) is 6.08 Å². The number of carbonyl (C=O) groups excluding carboxylic acids is 1. The summed E-state index contributed by atoms with van der Waals surface area (Å²) in [5.74, 6) is -0.235. The van der Waals surface area contributed by atoms with Gasteiger partial charge in [-0.15, -0.1) is 0 Å². The summed E-state index contributed by atoms with van der Waals surface area (Å²) in [6, 6.07) is -0.931. The summed E-state index contributed by atoms with van der Waals surface area (Å²) in [6.45, 7) is 4.50. The van der Waals surface area contributed by atoms with Crippen molar-refractivity contribution in [2.75, 3.05) is 40.9 Å². The van der Waals surface area contributed by atoms with E-state index in [-0.39, 0.29) is 12.5 Å². The maximum absolute atomic E-state index is 13.0. The quantitative estimate of drug-likeness (QED) is 0.0272. The van der Waals surface area contributed by atoms with Crippen LogP contribution in [0.5, 0.6) is 0 Å². The van der Waals surface area contributed by atoms with Crippen LogP contribution in [0.3, 0.4) is 0 Å². The third-order valence-electron chi connectivity index (χ3n) is 15.0. The molecule has 0 saturated heterocycles. The lowest BCUT2D eigenvalue weighted by molar-refractivity contribution is -0.870. The first kappa shape index (κ1) is 82.4. The number of likely N-dealkylation sites (N-methyl/N-ethyl adjacent to an activating group) is 1. The van der Waals surface area contributed by atoms with Crippen LogP contribution >= 0.6 is 7.82 Å². The zero-order valence-electron chi connectivity index (χ0n) is 56.2. The largest absolute Gasteiger partial charge is 0.756 e. The number of aliphatic hydroxyl groups excluding tert-OH is 1. The molecule has 0 radical (unpaired) electrons. The number of allylic oxidation sites excluding steroid dienone is 23. The average Bonchev–Trinajstić information content (AvgIpc) is 3.70. The van der Waals surface area contributed by atoms with Gasteiger partial charge < -0.3 is 28.8 Å². The number of hydrogen-bond donors (Lipinski definition) is 2. The molecule has 0 aliphatic heterocycles. The molecule has 0 spiro atoms. The minimum Gasteiger partial charge on any atom is -0.756 e. The lowest BCUT2D eigenvalue weighted by atomic mass is 10.0. The lowest BCUT2D eigenvalue weighted by Crippen LogP contribution is -2.45. The van der Waals surface area contributed by atoms with Crippen molar-refractivity contribution in [3.8, 4) is 0 Å². The van der Waals surface area contributed by atoms with E-state index >= 15 is 0 Å². The molecule has 9 heteroatoms. The second-order valence-corrected chi connectivity index (χ2v) is 25.9. The number of carbonyl (C=O) groups is 1. The van der Waals surface area contributed by atoms with Crippen LogP contribution in [0.25, 0.3) is 0 Å². The van der Waals surface area contributed by atoms with Crippen LogP contribution in [0.2, 0.25) is 0 Å². The SMILES string of the molecule is CC/C=C\C/C=C\C/C=C\C/C=C\C/C=C\C/C=C\C/C=C\C/C=C\C/C=C\C/C=C\CCCCCCC(=O)NC(COP(=O)([O-])OCC[N+](C)(C)C)C(O)/C=C/CC/C=C/CCCCCCCCCCCCCCCCCCCCCCCCC. The van der Waals surface area contributed by atoms with Crippen molar-refractivity contribution in [3.05, 3.63) is 146 Å². The molecular formula is C77H133N2O6P. The third kappa shape index (κ3) is 67.9. The van der Waals surface area contributed by atoms with Crippen molar-refractivity contribution >= 4 is 13.7 Å². The molecule has 0 aromatic rings. The van der Waals surface area contributed by atoms with E-state index in [1.165, 1.54) is 148 Å². The Morgan fingerprint density at radius 2 is 0.721 bits per heavy atom. The predicted octanol–water partition coefficient (Wildman–Crippen LogP) is 22.1. The van der Waals surface area contributed by atoms with Crippen molar-refractivity contribution in [2.45, 2.75) is 296 Å². The Kier molecular flexibility index (Phi) is 63.0. The highest BCUT2D eigenvalue weighted by Gasteiger charge is 2.23. The number of hydrogen-bond acceptors (Lipinski definition) is 6. The number of quaternary nitrogens is 1. The van der Waals surface area contributed by atoms with Gasteiger partial charge in [-0.2, -0.15) is 0 Å². The number of aliphatic hydroxyl groups is 1. The molecule has 0 rings (SSSR count). The molecule has 0 aromatic heterocycles. The van der Waals surface area contributed by atoms with Gasteiger partial charge in [-0.05, 0) is 109 Å². The highest BCUT2D eigenvalue weighted by molar-refractivity contribution is 7.45. The molecule has 2 N–H and O–H groups in total. The van der Waals surface area contributed by atoms with Gasteiger partial charge in [0.2, 0.25) is 5.91 Å². The van der Waals surface area contributed by atoms with Gasteiger partial charge >= 0.3 is 0 Å². The molecule has 0 saturated carbocycles. The number of nitrogens with one attached hydrogen (secondary N) is 1. The molecule has 0 aliphatic carbocycles. The van der Waals surface area contributed by atoms with Crippen LogP contribution in [0.1, 0.15) is 284 Å². The highest BCUT2D eigenvalue weighted by atomic mass is 31.2. The Labute approximate surface area is 531 Å². The van der Waals surface area contributed by atoms with Gasteiger partial charge in [0, 0.05) is 6.42 Å². The van der Waals surface area contributed by atoms with E-state index in [0.717, 1.165) is 109 Å². The number of amides is 1. The molecule has 0 bridgehead atoms. The molecule has 0 fully saturated rings. The molecule has 8 nitrogen and oxygen atoms in total. The molecule has 3 unspecified atom stereocenters. The number of rotatable bonds is 63. The molecule has 3 atom stereocenters. The van der Waals surface area contributed by atoms with Gasteiger partial charge in [-0.3, -0.25) is 9.36 Å². The Morgan fingerprint density at radius 3 is 1.08 bits per heavy atom.